The van der Waals surface area contributed by atoms with Crippen LogP contribution >= 0.6 is 0 Å². The Kier molecular flexibility index (Phi) is 5.82. The van der Waals surface area contributed by atoms with E-state index in [1.54, 1.807) is 0 Å². The van der Waals surface area contributed by atoms with Gasteiger partial charge in [0, 0.05) is 39.3 Å². The number of piperazine rings is 1. The number of rotatable bonds is 6. The third kappa shape index (κ3) is 4.07. The second kappa shape index (κ2) is 8.26. The average Bonchev–Trinajstić information content (AvgIpc) is 2.66. The molecule has 138 valence electrons. The number of ether oxygens (including phenoxy) is 2. The molecule has 0 radical (unpaired) electrons. The van der Waals surface area contributed by atoms with Crippen LogP contribution in [0.4, 0.5) is 17.5 Å². The Morgan fingerprint density at radius 1 is 1.20 bits per heavy atom. The molecule has 3 heterocycles. The molecule has 1 aromatic heterocycles. The summed E-state index contributed by atoms with van der Waals surface area (Å²) >= 11 is 0. The molecule has 25 heavy (non-hydrogen) atoms. The van der Waals surface area contributed by atoms with E-state index in [1.165, 1.54) is 0 Å². The summed E-state index contributed by atoms with van der Waals surface area (Å²) in [6.45, 7) is 7.68. The number of morpholine rings is 1. The summed E-state index contributed by atoms with van der Waals surface area (Å²) in [6.07, 6.45) is 0.747. The fourth-order valence-corrected chi connectivity index (χ4v) is 2.87. The van der Waals surface area contributed by atoms with Gasteiger partial charge in [-0.25, -0.2) is 0 Å². The molecule has 1 N–H and O–H groups in total. The normalized spacial score (nSPS) is 18.3. The van der Waals surface area contributed by atoms with E-state index in [0.29, 0.717) is 44.7 Å². The minimum atomic E-state index is -0.447. The van der Waals surface area contributed by atoms with E-state index in [0.717, 1.165) is 32.6 Å². The van der Waals surface area contributed by atoms with E-state index in [4.69, 9.17) is 9.47 Å². The third-order valence-corrected chi connectivity index (χ3v) is 4.16. The lowest BCUT2D eigenvalue weighted by atomic mass is 10.3. The van der Waals surface area contributed by atoms with Gasteiger partial charge in [-0.1, -0.05) is 6.92 Å². The Morgan fingerprint density at radius 2 is 1.92 bits per heavy atom. The number of nitrogens with one attached hydrogen (secondary N) is 1. The van der Waals surface area contributed by atoms with E-state index >= 15 is 0 Å². The van der Waals surface area contributed by atoms with Gasteiger partial charge in [-0.15, -0.1) is 0 Å². The Balaban J connectivity index is 2.02. The van der Waals surface area contributed by atoms with Crippen molar-refractivity contribution in [3.05, 3.63) is 10.1 Å². The molecule has 0 spiro atoms. The van der Waals surface area contributed by atoms with E-state index in [1.807, 2.05) is 16.7 Å². The van der Waals surface area contributed by atoms with Gasteiger partial charge in [0.05, 0.1) is 24.7 Å². The highest BCUT2D eigenvalue weighted by Crippen LogP contribution is 2.36. The Morgan fingerprint density at radius 3 is 2.56 bits per heavy atom. The summed E-state index contributed by atoms with van der Waals surface area (Å²) in [5.74, 6) is 0.861. The molecular weight excluding hydrogens is 328 g/mol. The zero-order chi connectivity index (χ0) is 17.6. The monoisotopic (exact) mass is 352 g/mol. The molecule has 2 fully saturated rings. The van der Waals surface area contributed by atoms with Gasteiger partial charge in [0.25, 0.3) is 0 Å². The molecule has 2 aliphatic rings. The van der Waals surface area contributed by atoms with Crippen molar-refractivity contribution in [2.45, 2.75) is 13.3 Å². The van der Waals surface area contributed by atoms with Gasteiger partial charge in [0.15, 0.2) is 0 Å². The molecule has 0 saturated carbocycles. The predicted octanol–water partition coefficient (Wildman–Crippen LogP) is 0.420. The first-order valence-corrected chi connectivity index (χ1v) is 8.68. The van der Waals surface area contributed by atoms with Crippen LogP contribution in [-0.2, 0) is 4.74 Å². The lowest BCUT2D eigenvalue weighted by Gasteiger charge is -2.31. The quantitative estimate of drug-likeness (QED) is 0.576. The molecule has 3 rings (SSSR count). The van der Waals surface area contributed by atoms with E-state index < -0.39 is 4.92 Å². The molecular formula is C15H24N6O4. The zero-order valence-electron chi connectivity index (χ0n) is 14.4. The summed E-state index contributed by atoms with van der Waals surface area (Å²) < 4.78 is 11.0. The minimum Gasteiger partial charge on any atom is -0.473 e. The van der Waals surface area contributed by atoms with Crippen molar-refractivity contribution < 1.29 is 14.4 Å². The molecule has 2 saturated heterocycles. The van der Waals surface area contributed by atoms with Crippen molar-refractivity contribution in [2.75, 3.05) is 68.9 Å². The standard InChI is InChI=1S/C15H24N6O4/c1-2-9-25-14-12(21(22)23)13(19-7-10-24-11-8-19)17-15(18-14)20-5-3-16-4-6-20/h16H,2-11H2,1H3. The van der Waals surface area contributed by atoms with Crippen LogP contribution in [0.5, 0.6) is 5.88 Å². The molecule has 10 nitrogen and oxygen atoms in total. The molecule has 0 unspecified atom stereocenters. The molecule has 0 atom stereocenters. The van der Waals surface area contributed by atoms with Crippen LogP contribution in [0.3, 0.4) is 0 Å². The Bertz CT molecular complexity index is 602. The van der Waals surface area contributed by atoms with Crippen LogP contribution in [0.15, 0.2) is 0 Å². The van der Waals surface area contributed by atoms with Crippen LogP contribution < -0.4 is 19.9 Å². The number of anilines is 2. The smallest absolute Gasteiger partial charge is 0.373 e. The minimum absolute atomic E-state index is 0.0527. The van der Waals surface area contributed by atoms with E-state index in [-0.39, 0.29) is 11.6 Å². The summed E-state index contributed by atoms with van der Waals surface area (Å²) in [6, 6.07) is 0. The lowest BCUT2D eigenvalue weighted by molar-refractivity contribution is -0.385. The zero-order valence-corrected chi connectivity index (χ0v) is 14.4. The van der Waals surface area contributed by atoms with Crippen molar-refractivity contribution in [3.63, 3.8) is 0 Å². The molecule has 0 aliphatic carbocycles. The van der Waals surface area contributed by atoms with Gasteiger partial charge in [0.2, 0.25) is 11.8 Å². The summed E-state index contributed by atoms with van der Waals surface area (Å²) in [7, 11) is 0. The first-order valence-electron chi connectivity index (χ1n) is 8.68. The van der Waals surface area contributed by atoms with Crippen LogP contribution in [0.25, 0.3) is 0 Å². The summed E-state index contributed by atoms with van der Waals surface area (Å²) in [5.41, 5.74) is -0.158. The second-order valence-corrected chi connectivity index (χ2v) is 5.94. The maximum atomic E-state index is 11.7. The van der Waals surface area contributed by atoms with Gasteiger partial charge < -0.3 is 24.6 Å². The fourth-order valence-electron chi connectivity index (χ4n) is 2.87. The van der Waals surface area contributed by atoms with Gasteiger partial charge in [-0.3, -0.25) is 10.1 Å². The van der Waals surface area contributed by atoms with Gasteiger partial charge >= 0.3 is 11.6 Å². The number of aromatic nitrogens is 2. The van der Waals surface area contributed by atoms with Crippen LogP contribution in [-0.4, -0.2) is 74.0 Å². The highest BCUT2D eigenvalue weighted by Gasteiger charge is 2.32. The van der Waals surface area contributed by atoms with E-state index in [2.05, 4.69) is 15.3 Å². The molecule has 0 amide bonds. The largest absolute Gasteiger partial charge is 0.473 e. The van der Waals surface area contributed by atoms with Crippen molar-refractivity contribution in [3.8, 4) is 5.88 Å². The second-order valence-electron chi connectivity index (χ2n) is 5.94. The van der Waals surface area contributed by atoms with Crippen molar-refractivity contribution in [1.29, 1.82) is 0 Å². The van der Waals surface area contributed by atoms with Gasteiger partial charge in [-0.05, 0) is 6.42 Å². The SMILES string of the molecule is CCCOc1nc(N2CCNCC2)nc(N2CCOCC2)c1[N+](=O)[O-]. The number of hydrogen-bond donors (Lipinski definition) is 1. The third-order valence-electron chi connectivity index (χ3n) is 4.16. The molecule has 2 aliphatic heterocycles. The van der Waals surface area contributed by atoms with Gasteiger partial charge in [-0.2, -0.15) is 9.97 Å². The number of nitrogens with zero attached hydrogens (tertiary/aromatic N) is 5. The van der Waals surface area contributed by atoms with Crippen LogP contribution in [0.1, 0.15) is 13.3 Å². The molecule has 0 aromatic carbocycles. The number of nitro groups is 1. The topological polar surface area (TPSA) is 106 Å². The highest BCUT2D eigenvalue weighted by atomic mass is 16.6. The average molecular weight is 352 g/mol. The van der Waals surface area contributed by atoms with Crippen LogP contribution in [0.2, 0.25) is 0 Å². The van der Waals surface area contributed by atoms with E-state index in [9.17, 15) is 10.1 Å². The van der Waals surface area contributed by atoms with Crippen molar-refractivity contribution in [1.82, 2.24) is 15.3 Å². The highest BCUT2D eigenvalue weighted by molar-refractivity contribution is 5.66. The predicted molar refractivity (Wildman–Crippen MR) is 92.6 cm³/mol. The Labute approximate surface area is 146 Å². The molecule has 1 aromatic rings. The molecule has 10 heteroatoms. The number of hydrogen-bond acceptors (Lipinski definition) is 9. The lowest BCUT2D eigenvalue weighted by Crippen LogP contribution is -2.44. The molecule has 0 bridgehead atoms. The maximum Gasteiger partial charge on any atom is 0.373 e. The van der Waals surface area contributed by atoms with Crippen molar-refractivity contribution >= 4 is 17.5 Å². The van der Waals surface area contributed by atoms with Crippen molar-refractivity contribution in [2.24, 2.45) is 0 Å². The fraction of sp³-hybridized carbons (Fsp3) is 0.733. The summed E-state index contributed by atoms with van der Waals surface area (Å²) in [5, 5.41) is 15.0. The first-order chi connectivity index (χ1) is 12.2. The van der Waals surface area contributed by atoms with Gasteiger partial charge in [0.1, 0.15) is 0 Å². The maximum absolute atomic E-state index is 11.7. The van der Waals surface area contributed by atoms with Crippen LogP contribution in [0, 0.1) is 10.1 Å². The summed E-state index contributed by atoms with van der Waals surface area (Å²) in [4.78, 5) is 24.1. The Hall–Kier alpha value is -2.20. The first kappa shape index (κ1) is 17.6.